The first-order valence-corrected chi connectivity index (χ1v) is 4.48. The maximum absolute atomic E-state index is 11.3. The Hall–Kier alpha value is -1.78. The minimum atomic E-state index is -0.379. The minimum absolute atomic E-state index is 0.345. The van der Waals surface area contributed by atoms with Gasteiger partial charge in [-0.2, -0.15) is 5.10 Å². The van der Waals surface area contributed by atoms with E-state index in [1.165, 1.54) is 0 Å². The van der Waals surface area contributed by atoms with E-state index in [-0.39, 0.29) is 5.97 Å². The van der Waals surface area contributed by atoms with Crippen molar-refractivity contribution in [2.75, 3.05) is 11.9 Å². The van der Waals surface area contributed by atoms with Crippen LogP contribution in [0.1, 0.15) is 17.4 Å². The smallest absolute Gasteiger partial charge is 0.358 e. The third-order valence-electron chi connectivity index (χ3n) is 1.89. The molecule has 1 aliphatic rings. The minimum Gasteiger partial charge on any atom is -0.461 e. The standard InChI is InChI=1S/C9H11N3O2/c1-2-14-9(13)7-6-8-10-4-3-5-12(8)11-7/h3-4,6,10H,2,5H2,1H3. The van der Waals surface area contributed by atoms with Crippen molar-refractivity contribution < 1.29 is 9.53 Å². The van der Waals surface area contributed by atoms with E-state index >= 15 is 0 Å². The lowest BCUT2D eigenvalue weighted by molar-refractivity contribution is 0.0518. The lowest BCUT2D eigenvalue weighted by atomic mass is 10.4. The van der Waals surface area contributed by atoms with Crippen LogP contribution in [0.25, 0.3) is 0 Å². The molecular weight excluding hydrogens is 182 g/mol. The number of anilines is 1. The summed E-state index contributed by atoms with van der Waals surface area (Å²) in [6, 6.07) is 1.68. The van der Waals surface area contributed by atoms with Crippen LogP contribution >= 0.6 is 0 Å². The Bertz CT molecular complexity index is 356. The molecule has 0 fully saturated rings. The van der Waals surface area contributed by atoms with Gasteiger partial charge in [-0.05, 0) is 13.0 Å². The fourth-order valence-corrected chi connectivity index (χ4v) is 1.27. The van der Waals surface area contributed by atoms with Crippen LogP contribution in [0, 0.1) is 0 Å². The van der Waals surface area contributed by atoms with Gasteiger partial charge in [-0.25, -0.2) is 9.48 Å². The summed E-state index contributed by atoms with van der Waals surface area (Å²) in [4.78, 5) is 11.3. The predicted molar refractivity (Wildman–Crippen MR) is 50.9 cm³/mol. The zero-order chi connectivity index (χ0) is 9.97. The van der Waals surface area contributed by atoms with Crippen molar-refractivity contribution in [3.63, 3.8) is 0 Å². The van der Waals surface area contributed by atoms with Crippen molar-refractivity contribution >= 4 is 11.8 Å². The Morgan fingerprint density at radius 3 is 3.36 bits per heavy atom. The van der Waals surface area contributed by atoms with Crippen molar-refractivity contribution in [1.82, 2.24) is 9.78 Å². The molecule has 0 radical (unpaired) electrons. The lowest BCUT2D eigenvalue weighted by Gasteiger charge is -2.07. The fraction of sp³-hybridized carbons (Fsp3) is 0.333. The van der Waals surface area contributed by atoms with E-state index in [1.54, 1.807) is 17.7 Å². The van der Waals surface area contributed by atoms with E-state index in [0.29, 0.717) is 18.8 Å². The van der Waals surface area contributed by atoms with Gasteiger partial charge in [0.2, 0.25) is 0 Å². The number of aromatic nitrogens is 2. The fourth-order valence-electron chi connectivity index (χ4n) is 1.27. The monoisotopic (exact) mass is 193 g/mol. The molecule has 1 aromatic rings. The molecule has 2 heterocycles. The molecule has 0 aromatic carbocycles. The molecule has 2 rings (SSSR count). The van der Waals surface area contributed by atoms with Gasteiger partial charge < -0.3 is 10.1 Å². The van der Waals surface area contributed by atoms with Gasteiger partial charge in [-0.15, -0.1) is 0 Å². The Kier molecular flexibility index (Phi) is 2.22. The number of carbonyl (C=O) groups excluding carboxylic acids is 1. The number of carbonyl (C=O) groups is 1. The van der Waals surface area contributed by atoms with Crippen LogP contribution in [0.5, 0.6) is 0 Å². The molecule has 0 spiro atoms. The number of rotatable bonds is 2. The van der Waals surface area contributed by atoms with Gasteiger partial charge in [-0.3, -0.25) is 0 Å². The van der Waals surface area contributed by atoms with Gasteiger partial charge >= 0.3 is 5.97 Å². The Labute approximate surface area is 81.4 Å². The first-order chi connectivity index (χ1) is 6.81. The first kappa shape index (κ1) is 8.80. The molecule has 1 aliphatic heterocycles. The molecular formula is C9H11N3O2. The summed E-state index contributed by atoms with van der Waals surface area (Å²) in [5.74, 6) is 0.437. The number of nitrogens with one attached hydrogen (secondary N) is 1. The zero-order valence-electron chi connectivity index (χ0n) is 7.86. The Balaban J connectivity index is 2.21. The number of nitrogens with zero attached hydrogens (tertiary/aromatic N) is 2. The second-order valence-corrected chi connectivity index (χ2v) is 2.86. The number of esters is 1. The van der Waals surface area contributed by atoms with Crippen molar-refractivity contribution in [2.24, 2.45) is 0 Å². The van der Waals surface area contributed by atoms with Gasteiger partial charge in [0, 0.05) is 12.3 Å². The second kappa shape index (κ2) is 3.53. The predicted octanol–water partition coefficient (Wildman–Crippen LogP) is 0.999. The van der Waals surface area contributed by atoms with Gasteiger partial charge in [0.05, 0.1) is 13.2 Å². The molecule has 5 heteroatoms. The van der Waals surface area contributed by atoms with E-state index in [2.05, 4.69) is 10.4 Å². The Morgan fingerprint density at radius 2 is 2.64 bits per heavy atom. The summed E-state index contributed by atoms with van der Waals surface area (Å²) in [6.45, 7) is 2.82. The highest BCUT2D eigenvalue weighted by Gasteiger charge is 2.15. The maximum Gasteiger partial charge on any atom is 0.358 e. The molecule has 0 saturated carbocycles. The van der Waals surface area contributed by atoms with Gasteiger partial charge in [0.1, 0.15) is 5.82 Å². The molecule has 0 saturated heterocycles. The zero-order valence-corrected chi connectivity index (χ0v) is 7.86. The summed E-state index contributed by atoms with van der Waals surface area (Å²) >= 11 is 0. The number of allylic oxidation sites excluding steroid dienone is 1. The number of ether oxygens (including phenoxy) is 1. The van der Waals surface area contributed by atoms with Crippen LogP contribution in [0.15, 0.2) is 18.3 Å². The van der Waals surface area contributed by atoms with Crippen molar-refractivity contribution in [3.8, 4) is 0 Å². The highest BCUT2D eigenvalue weighted by atomic mass is 16.5. The van der Waals surface area contributed by atoms with Crippen LogP contribution in [-0.2, 0) is 11.3 Å². The van der Waals surface area contributed by atoms with Crippen molar-refractivity contribution in [2.45, 2.75) is 13.5 Å². The molecule has 5 nitrogen and oxygen atoms in total. The maximum atomic E-state index is 11.3. The van der Waals surface area contributed by atoms with E-state index in [1.807, 2.05) is 12.3 Å². The summed E-state index contributed by atoms with van der Waals surface area (Å²) < 4.78 is 6.56. The number of fused-ring (bicyclic) bond motifs is 1. The van der Waals surface area contributed by atoms with Crippen LogP contribution in [-0.4, -0.2) is 22.4 Å². The van der Waals surface area contributed by atoms with Crippen molar-refractivity contribution in [1.29, 1.82) is 0 Å². The summed E-state index contributed by atoms with van der Waals surface area (Å²) in [7, 11) is 0. The van der Waals surface area contributed by atoms with Gasteiger partial charge in [-0.1, -0.05) is 0 Å². The van der Waals surface area contributed by atoms with E-state index in [9.17, 15) is 4.79 Å². The quantitative estimate of drug-likeness (QED) is 0.712. The molecule has 0 atom stereocenters. The van der Waals surface area contributed by atoms with Crippen LogP contribution in [0.2, 0.25) is 0 Å². The SMILES string of the molecule is CCOC(=O)c1cc2n(n1)CC=CN2. The van der Waals surface area contributed by atoms with Crippen LogP contribution in [0.3, 0.4) is 0 Å². The summed E-state index contributed by atoms with van der Waals surface area (Å²) in [5, 5.41) is 7.09. The first-order valence-electron chi connectivity index (χ1n) is 4.48. The average Bonchev–Trinajstić information content (AvgIpc) is 2.61. The average molecular weight is 193 g/mol. The second-order valence-electron chi connectivity index (χ2n) is 2.86. The van der Waals surface area contributed by atoms with E-state index in [0.717, 1.165) is 5.82 Å². The molecule has 0 amide bonds. The highest BCUT2D eigenvalue weighted by molar-refractivity contribution is 5.88. The number of hydrogen-bond donors (Lipinski definition) is 1. The molecule has 14 heavy (non-hydrogen) atoms. The third kappa shape index (κ3) is 1.48. The molecule has 0 unspecified atom stereocenters. The van der Waals surface area contributed by atoms with Gasteiger partial charge in [0.15, 0.2) is 5.69 Å². The third-order valence-corrected chi connectivity index (χ3v) is 1.89. The van der Waals surface area contributed by atoms with E-state index in [4.69, 9.17) is 4.74 Å². The molecule has 0 bridgehead atoms. The molecule has 1 aromatic heterocycles. The summed E-state index contributed by atoms with van der Waals surface area (Å²) in [6.07, 6.45) is 3.75. The highest BCUT2D eigenvalue weighted by Crippen LogP contribution is 2.14. The Morgan fingerprint density at radius 1 is 1.79 bits per heavy atom. The largest absolute Gasteiger partial charge is 0.461 e. The topological polar surface area (TPSA) is 56.2 Å². The molecule has 0 aliphatic carbocycles. The van der Waals surface area contributed by atoms with Crippen molar-refractivity contribution in [3.05, 3.63) is 24.0 Å². The normalized spacial score (nSPS) is 13.2. The van der Waals surface area contributed by atoms with Crippen LogP contribution < -0.4 is 5.32 Å². The molecule has 1 N–H and O–H groups in total. The number of hydrogen-bond acceptors (Lipinski definition) is 4. The lowest BCUT2D eigenvalue weighted by Crippen LogP contribution is -2.09. The summed E-state index contributed by atoms with van der Waals surface area (Å²) in [5.41, 5.74) is 0.345. The van der Waals surface area contributed by atoms with Gasteiger partial charge in [0.25, 0.3) is 0 Å². The molecule has 74 valence electrons. The van der Waals surface area contributed by atoms with Crippen LogP contribution in [0.4, 0.5) is 5.82 Å². The van der Waals surface area contributed by atoms with E-state index < -0.39 is 0 Å².